The number of nitrogen functional groups attached to an aromatic ring is 1. The zero-order valence-corrected chi connectivity index (χ0v) is 17.0. The molecule has 29 heavy (non-hydrogen) atoms. The largest absolute Gasteiger partial charge is 0.967 e. The van der Waals surface area contributed by atoms with E-state index >= 15 is 0 Å². The second-order valence-corrected chi connectivity index (χ2v) is 10.9. The van der Waals surface area contributed by atoms with Crippen LogP contribution < -0.4 is 5.73 Å². The molecule has 2 aromatic rings. The van der Waals surface area contributed by atoms with E-state index < -0.39 is 62.1 Å². The van der Waals surface area contributed by atoms with Crippen LogP contribution in [0.5, 0.6) is 0 Å². The third kappa shape index (κ3) is 4.10. The molecular weight excluding hydrogens is 458 g/mol. The van der Waals surface area contributed by atoms with E-state index in [1.165, 1.54) is 17.2 Å². The van der Waals surface area contributed by atoms with Crippen LogP contribution in [0.4, 0.5) is 9.34 Å². The molecule has 19 heteroatoms. The Balaban J connectivity index is 1.50. The lowest BCUT2D eigenvalue weighted by Crippen LogP contribution is -2.34. The van der Waals surface area contributed by atoms with Gasteiger partial charge in [0.15, 0.2) is 17.7 Å². The number of halogens is 1. The highest BCUT2D eigenvalue weighted by Crippen LogP contribution is 2.68. The Morgan fingerprint density at radius 1 is 1.28 bits per heavy atom. The maximum atomic E-state index is 13.3. The summed E-state index contributed by atoms with van der Waals surface area (Å²) in [6.45, 7) is -0.739. The minimum absolute atomic E-state index is 0.0898. The van der Waals surface area contributed by atoms with Crippen LogP contribution in [0.1, 0.15) is 6.23 Å². The number of imidazole rings is 1. The van der Waals surface area contributed by atoms with Gasteiger partial charge in [0.1, 0.15) is 30.2 Å². The first-order valence-corrected chi connectivity index (χ1v) is 12.2. The molecule has 0 aromatic carbocycles. The lowest BCUT2D eigenvalue weighted by atomic mass is 10.1. The van der Waals surface area contributed by atoms with E-state index in [-0.39, 0.29) is 17.0 Å². The van der Waals surface area contributed by atoms with Gasteiger partial charge in [0.25, 0.3) is 0 Å². The summed E-state index contributed by atoms with van der Waals surface area (Å²) in [5.74, 6) is 0.0898. The van der Waals surface area contributed by atoms with Crippen LogP contribution in [0.15, 0.2) is 12.7 Å². The summed E-state index contributed by atoms with van der Waals surface area (Å²) in [5.41, 5.74) is 6.15. The minimum atomic E-state index is -4.95. The summed E-state index contributed by atoms with van der Waals surface area (Å²) >= 11 is -4.24. The number of nitrogens with zero attached hydrogens (tertiary/aromatic N) is 4. The van der Waals surface area contributed by atoms with Crippen molar-refractivity contribution in [3.8, 4) is 0 Å². The number of rotatable bonds is 4. The molecule has 2 aliphatic rings. The number of aromatic nitrogens is 4. The van der Waals surface area contributed by atoms with E-state index in [2.05, 4.69) is 26.4 Å². The van der Waals surface area contributed by atoms with Crippen molar-refractivity contribution in [2.75, 3.05) is 12.3 Å². The Kier molecular flexibility index (Phi) is 5.54. The smallest absolute Gasteiger partial charge is 0.387 e. The molecule has 6 atom stereocenters. The molecule has 2 aromatic heterocycles. The van der Waals surface area contributed by atoms with Gasteiger partial charge in [-0.15, -0.1) is 0 Å². The summed E-state index contributed by atoms with van der Waals surface area (Å²) in [4.78, 5) is 21.0. The zero-order chi connectivity index (χ0) is 21.0. The Bertz CT molecular complexity index is 1030. The lowest BCUT2D eigenvalue weighted by molar-refractivity contribution is -0.0507. The third-order valence-electron chi connectivity index (χ3n) is 4.03. The van der Waals surface area contributed by atoms with E-state index in [0.717, 1.165) is 0 Å². The standard InChI is InChI=1S/C10H15N5O10P2.Al.FH/c11-8-5-9(13-2-12-8)15(3-14-5)10-7(17)6(16)4(24-10)1-23-27(21,22)25-26(18,19)20;;/h2-4,6-7,10,16-17H,1H2,(H,21,22)(H2,11,12,13)(H2,18,19,20);;1H/q;+3;/p-3/t4-,6-,7-,10-;;/m1../s1. The van der Waals surface area contributed by atoms with Crippen LogP contribution in [-0.2, 0) is 29.9 Å². The number of nitrogens with two attached hydrogens (primary N) is 1. The minimum Gasteiger partial charge on any atom is -0.387 e. The fourth-order valence-corrected chi connectivity index (χ4v) is 7.69. The average molecular weight is 471 g/mol. The molecule has 2 saturated heterocycles. The van der Waals surface area contributed by atoms with Gasteiger partial charge in [-0.2, -0.15) is 4.31 Å². The maximum absolute atomic E-state index is 13.3. The van der Waals surface area contributed by atoms with E-state index in [1.54, 1.807) is 0 Å². The number of hydrogen-bond donors (Lipinski definition) is 4. The molecule has 4 rings (SSSR count). The quantitative estimate of drug-likeness (QED) is 0.320. The summed E-state index contributed by atoms with van der Waals surface area (Å²) in [6, 6.07) is 0. The Labute approximate surface area is 165 Å². The number of ether oxygens (including phenoxy) is 1. The normalized spacial score (nSPS) is 38.0. The van der Waals surface area contributed by atoms with Crippen LogP contribution >= 0.6 is 15.6 Å². The van der Waals surface area contributed by atoms with Crippen molar-refractivity contribution in [1.82, 2.24) is 19.5 Å². The number of fused-ring (bicyclic) bond motifs is 1. The van der Waals surface area contributed by atoms with Crippen LogP contribution in [-0.4, -0.2) is 74.8 Å². The second-order valence-electron chi connectivity index (χ2n) is 5.91. The van der Waals surface area contributed by atoms with Gasteiger partial charge in [-0.1, -0.05) is 0 Å². The maximum Gasteiger partial charge on any atom is 0.967 e. The summed E-state index contributed by atoms with van der Waals surface area (Å²) < 4.78 is 60.8. The second kappa shape index (κ2) is 7.58. The van der Waals surface area contributed by atoms with Gasteiger partial charge in [0.05, 0.1) is 12.9 Å². The molecule has 0 amide bonds. The van der Waals surface area contributed by atoms with E-state index in [4.69, 9.17) is 15.0 Å². The average Bonchev–Trinajstić information content (AvgIpc) is 3.14. The molecule has 0 spiro atoms. The highest BCUT2D eigenvalue weighted by molar-refractivity contribution is 7.64. The van der Waals surface area contributed by atoms with Crippen molar-refractivity contribution in [2.45, 2.75) is 24.5 Å². The first kappa shape index (κ1) is 21.2. The van der Waals surface area contributed by atoms with Gasteiger partial charge < -0.3 is 36.3 Å². The van der Waals surface area contributed by atoms with Crippen molar-refractivity contribution in [2.24, 2.45) is 0 Å². The van der Waals surface area contributed by atoms with Crippen molar-refractivity contribution in [3.63, 3.8) is 0 Å². The van der Waals surface area contributed by atoms with E-state index in [0.29, 0.717) is 0 Å². The first-order valence-electron chi connectivity index (χ1n) is 7.83. The molecule has 2 fully saturated rings. The van der Waals surface area contributed by atoms with Crippen molar-refractivity contribution >= 4 is 47.9 Å². The molecule has 2 aliphatic heterocycles. The number of aliphatic hydroxyl groups is 2. The Morgan fingerprint density at radius 2 is 2.03 bits per heavy atom. The molecule has 0 aliphatic carbocycles. The van der Waals surface area contributed by atoms with Gasteiger partial charge in [-0.25, -0.2) is 24.1 Å². The summed E-state index contributed by atoms with van der Waals surface area (Å²) in [7, 11) is -9.75. The molecule has 0 radical (unpaired) electrons. The van der Waals surface area contributed by atoms with Crippen LogP contribution in [0, 0.1) is 0 Å². The topological polar surface area (TPSA) is 211 Å². The van der Waals surface area contributed by atoms with Crippen LogP contribution in [0.3, 0.4) is 0 Å². The molecule has 0 bridgehead atoms. The summed E-state index contributed by atoms with van der Waals surface area (Å²) in [6.07, 6.45) is -3.11. The fraction of sp³-hybridized carbons (Fsp3) is 0.500. The SMILES string of the molecule is Nc1ncnc2c1ncn2[C@@H]1O[C@H](COP2(=O)[O][Al]([F])[O]P(=O)(O)O2)[C@@H](O)[C@H]1O. The van der Waals surface area contributed by atoms with E-state index in [1.807, 2.05) is 0 Å². The fourth-order valence-electron chi connectivity index (χ4n) is 2.76. The van der Waals surface area contributed by atoms with Crippen LogP contribution in [0.25, 0.3) is 11.2 Å². The van der Waals surface area contributed by atoms with Crippen molar-refractivity contribution in [3.05, 3.63) is 12.7 Å². The monoisotopic (exact) mass is 471 g/mol. The molecule has 2 unspecified atom stereocenters. The molecule has 4 heterocycles. The number of hydrogen-bond acceptors (Lipinski definition) is 13. The summed E-state index contributed by atoms with van der Waals surface area (Å²) in [5, 5.41) is 20.5. The molecule has 0 saturated carbocycles. The van der Waals surface area contributed by atoms with E-state index in [9.17, 15) is 27.8 Å². The van der Waals surface area contributed by atoms with Gasteiger partial charge in [-0.3, -0.25) is 9.09 Å². The molecule has 15 nitrogen and oxygen atoms in total. The highest BCUT2D eigenvalue weighted by atomic mass is 31.3. The van der Waals surface area contributed by atoms with Gasteiger partial charge in [0.2, 0.25) is 0 Å². The van der Waals surface area contributed by atoms with Crippen molar-refractivity contribution < 1.29 is 48.5 Å². The number of anilines is 1. The Hall–Kier alpha value is -1.05. The Morgan fingerprint density at radius 3 is 2.76 bits per heavy atom. The predicted octanol–water partition coefficient (Wildman–Crippen LogP) is -0.729. The zero-order valence-electron chi connectivity index (χ0n) is 14.1. The molecular formula is C10H13AlFN5O10P2. The van der Waals surface area contributed by atoms with Crippen molar-refractivity contribution in [1.29, 1.82) is 0 Å². The number of phosphoric acid groups is 2. The van der Waals surface area contributed by atoms with Gasteiger partial charge >= 0.3 is 30.9 Å². The molecule has 5 N–H and O–H groups in total. The predicted molar refractivity (Wildman–Crippen MR) is 89.2 cm³/mol. The highest BCUT2D eigenvalue weighted by Gasteiger charge is 2.56. The lowest BCUT2D eigenvalue weighted by Gasteiger charge is -2.26. The van der Waals surface area contributed by atoms with Gasteiger partial charge in [0, 0.05) is 0 Å². The van der Waals surface area contributed by atoms with Gasteiger partial charge in [-0.05, 0) is 0 Å². The number of aliphatic hydroxyl groups excluding tert-OH is 2. The van der Waals surface area contributed by atoms with Crippen LogP contribution in [0.2, 0.25) is 0 Å². The first-order chi connectivity index (χ1) is 13.6. The third-order valence-corrected chi connectivity index (χ3v) is 9.54. The molecule has 158 valence electrons.